The van der Waals surface area contributed by atoms with Crippen molar-refractivity contribution in [3.8, 4) is 67.5 Å². The molecular formula is C54H36N4. The normalized spacial score (nSPS) is 12.3. The van der Waals surface area contributed by atoms with Crippen LogP contribution in [0.4, 0.5) is 0 Å². The van der Waals surface area contributed by atoms with Crippen molar-refractivity contribution in [2.24, 2.45) is 0 Å². The molecule has 1 aliphatic carbocycles. The summed E-state index contributed by atoms with van der Waals surface area (Å²) in [6.45, 7) is 0. The second-order valence-corrected chi connectivity index (χ2v) is 14.9. The minimum Gasteiger partial charge on any atom is -0.253 e. The Labute approximate surface area is 336 Å². The summed E-state index contributed by atoms with van der Waals surface area (Å²) >= 11 is 0. The topological polar surface area (TPSA) is 51.6 Å². The average molecular weight is 741 g/mol. The van der Waals surface area contributed by atoms with Gasteiger partial charge in [0.1, 0.15) is 5.69 Å². The van der Waals surface area contributed by atoms with Gasteiger partial charge in [0.2, 0.25) is 0 Å². The van der Waals surface area contributed by atoms with Gasteiger partial charge in [0.15, 0.2) is 5.82 Å². The van der Waals surface area contributed by atoms with E-state index >= 15 is 0 Å². The number of rotatable bonds is 6. The Hall–Kier alpha value is -7.56. The van der Waals surface area contributed by atoms with Crippen LogP contribution in [0.3, 0.4) is 0 Å². The first-order valence-electron chi connectivity index (χ1n) is 19.8. The molecule has 3 heterocycles. The Bertz CT molecular complexity index is 3170. The van der Waals surface area contributed by atoms with E-state index in [1.807, 2.05) is 36.4 Å². The molecule has 0 radical (unpaired) electrons. The van der Waals surface area contributed by atoms with Crippen molar-refractivity contribution in [3.05, 3.63) is 199 Å². The number of pyridine rings is 2. The van der Waals surface area contributed by atoms with Gasteiger partial charge in [0.05, 0.1) is 22.6 Å². The third kappa shape index (κ3) is 6.03. The quantitative estimate of drug-likeness (QED) is 0.159. The maximum atomic E-state index is 5.38. The first-order valence-corrected chi connectivity index (χ1v) is 19.8. The van der Waals surface area contributed by atoms with E-state index in [2.05, 4.69) is 157 Å². The molecule has 4 heteroatoms. The van der Waals surface area contributed by atoms with Crippen LogP contribution in [0.2, 0.25) is 0 Å². The number of aryl methyl sites for hydroxylation is 1. The molecule has 0 fully saturated rings. The smallest absolute Gasteiger partial charge is 0.179 e. The molecule has 0 aliphatic heterocycles. The molecule has 4 nitrogen and oxygen atoms in total. The molecule has 0 saturated carbocycles. The Morgan fingerprint density at radius 2 is 1.10 bits per heavy atom. The maximum absolute atomic E-state index is 5.38. The zero-order valence-electron chi connectivity index (χ0n) is 31.7. The Morgan fingerprint density at radius 1 is 0.414 bits per heavy atom. The zero-order valence-corrected chi connectivity index (χ0v) is 31.7. The third-order valence-corrected chi connectivity index (χ3v) is 11.4. The van der Waals surface area contributed by atoms with Crippen LogP contribution in [0.1, 0.15) is 17.5 Å². The maximum Gasteiger partial charge on any atom is 0.179 e. The zero-order chi connectivity index (χ0) is 38.4. The van der Waals surface area contributed by atoms with E-state index in [1.165, 1.54) is 38.2 Å². The van der Waals surface area contributed by atoms with Crippen molar-refractivity contribution in [2.75, 3.05) is 0 Å². The number of hydrogen-bond acceptors (Lipinski definition) is 4. The van der Waals surface area contributed by atoms with Gasteiger partial charge in [-0.25, -0.2) is 15.0 Å². The minimum atomic E-state index is 0.598. The Balaban J connectivity index is 1.07. The van der Waals surface area contributed by atoms with Gasteiger partial charge in [-0.3, -0.25) is 4.98 Å². The van der Waals surface area contributed by atoms with E-state index in [9.17, 15) is 0 Å². The second-order valence-electron chi connectivity index (χ2n) is 14.9. The van der Waals surface area contributed by atoms with E-state index in [0.29, 0.717) is 5.82 Å². The molecule has 0 atom stereocenters. The van der Waals surface area contributed by atoms with E-state index in [4.69, 9.17) is 15.0 Å². The van der Waals surface area contributed by atoms with E-state index in [-0.39, 0.29) is 0 Å². The molecule has 0 spiro atoms. The molecule has 0 unspecified atom stereocenters. The lowest BCUT2D eigenvalue weighted by Crippen LogP contribution is -1.97. The van der Waals surface area contributed by atoms with Crippen LogP contribution >= 0.6 is 0 Å². The van der Waals surface area contributed by atoms with Gasteiger partial charge in [0, 0.05) is 39.0 Å². The van der Waals surface area contributed by atoms with E-state index in [1.54, 1.807) is 6.20 Å². The standard InChI is InChI=1S/C54H36N4/c1-2-15-36(16-3-1)50-34-51(58-54(57-50)49-26-10-11-29-55-49)41-21-13-19-39(31-41)38-18-12-20-40(30-38)46-33-47-52(44-23-7-6-22-43(44)46)45-24-8-9-25-48(45)56-53(47)42-28-27-35-14-4-5-17-37(35)32-42/h1-3,5-13,15-34H,4,14H2. The van der Waals surface area contributed by atoms with Gasteiger partial charge in [-0.15, -0.1) is 0 Å². The number of para-hydroxylation sites is 1. The molecule has 0 amide bonds. The van der Waals surface area contributed by atoms with Gasteiger partial charge in [-0.05, 0) is 106 Å². The third-order valence-electron chi connectivity index (χ3n) is 11.4. The number of hydrogen-bond donors (Lipinski definition) is 0. The predicted octanol–water partition coefficient (Wildman–Crippen LogP) is 13.7. The Kier molecular flexibility index (Phi) is 8.25. The van der Waals surface area contributed by atoms with Gasteiger partial charge in [0.25, 0.3) is 0 Å². The highest BCUT2D eigenvalue weighted by Crippen LogP contribution is 2.43. The predicted molar refractivity (Wildman–Crippen MR) is 240 cm³/mol. The average Bonchev–Trinajstić information content (AvgIpc) is 3.31. The summed E-state index contributed by atoms with van der Waals surface area (Å²) in [5, 5.41) is 6.00. The van der Waals surface area contributed by atoms with Crippen LogP contribution in [0, 0.1) is 0 Å². The molecule has 7 aromatic carbocycles. The van der Waals surface area contributed by atoms with Crippen LogP contribution in [0.5, 0.6) is 0 Å². The molecular weight excluding hydrogens is 705 g/mol. The summed E-state index contributed by atoms with van der Waals surface area (Å²) in [5.41, 5.74) is 14.9. The minimum absolute atomic E-state index is 0.598. The van der Waals surface area contributed by atoms with Crippen LogP contribution < -0.4 is 0 Å². The summed E-state index contributed by atoms with van der Waals surface area (Å²) in [6.07, 6.45) is 8.49. The van der Waals surface area contributed by atoms with E-state index < -0.39 is 0 Å². The van der Waals surface area contributed by atoms with Gasteiger partial charge >= 0.3 is 0 Å². The molecule has 10 aromatic rings. The highest BCUT2D eigenvalue weighted by molar-refractivity contribution is 6.25. The number of nitrogens with zero attached hydrogens (tertiary/aromatic N) is 4. The molecule has 1 aliphatic rings. The second kappa shape index (κ2) is 14.2. The first kappa shape index (κ1) is 33.8. The lowest BCUT2D eigenvalue weighted by Gasteiger charge is -2.18. The van der Waals surface area contributed by atoms with Crippen LogP contribution in [-0.2, 0) is 6.42 Å². The van der Waals surface area contributed by atoms with E-state index in [0.717, 1.165) is 79.9 Å². The molecule has 0 bridgehead atoms. The van der Waals surface area contributed by atoms with Crippen LogP contribution in [-0.4, -0.2) is 19.9 Å². The van der Waals surface area contributed by atoms with Crippen molar-refractivity contribution in [2.45, 2.75) is 12.8 Å². The highest BCUT2D eigenvalue weighted by Gasteiger charge is 2.18. The monoisotopic (exact) mass is 740 g/mol. The highest BCUT2D eigenvalue weighted by atomic mass is 14.9. The molecule has 11 rings (SSSR count). The lowest BCUT2D eigenvalue weighted by atomic mass is 9.88. The molecule has 3 aromatic heterocycles. The molecule has 0 N–H and O–H groups in total. The molecule has 272 valence electrons. The fourth-order valence-electron chi connectivity index (χ4n) is 8.53. The Morgan fingerprint density at radius 3 is 1.93 bits per heavy atom. The molecule has 0 saturated heterocycles. The van der Waals surface area contributed by atoms with Crippen LogP contribution in [0.25, 0.3) is 106 Å². The van der Waals surface area contributed by atoms with Crippen molar-refractivity contribution < 1.29 is 0 Å². The lowest BCUT2D eigenvalue weighted by molar-refractivity contribution is 0.986. The van der Waals surface area contributed by atoms with Crippen molar-refractivity contribution >= 4 is 38.5 Å². The summed E-state index contributed by atoms with van der Waals surface area (Å²) in [6, 6.07) is 62.4. The number of aromatic nitrogens is 4. The van der Waals surface area contributed by atoms with Crippen LogP contribution in [0.15, 0.2) is 188 Å². The largest absolute Gasteiger partial charge is 0.253 e. The first-order chi connectivity index (χ1) is 28.7. The summed E-state index contributed by atoms with van der Waals surface area (Å²) in [5.74, 6) is 0.598. The van der Waals surface area contributed by atoms with Crippen molar-refractivity contribution in [1.29, 1.82) is 0 Å². The number of allylic oxidation sites excluding steroid dienone is 1. The molecule has 58 heavy (non-hydrogen) atoms. The summed E-state index contributed by atoms with van der Waals surface area (Å²) in [4.78, 5) is 20.0. The van der Waals surface area contributed by atoms with Crippen molar-refractivity contribution in [3.63, 3.8) is 0 Å². The fourth-order valence-corrected chi connectivity index (χ4v) is 8.53. The number of benzene rings is 7. The van der Waals surface area contributed by atoms with Crippen molar-refractivity contribution in [1.82, 2.24) is 19.9 Å². The summed E-state index contributed by atoms with van der Waals surface area (Å²) in [7, 11) is 0. The fraction of sp³-hybridized carbons (Fsp3) is 0.0370. The van der Waals surface area contributed by atoms with Gasteiger partial charge in [-0.1, -0.05) is 140 Å². The van der Waals surface area contributed by atoms with Gasteiger partial charge < -0.3 is 0 Å². The number of fused-ring (bicyclic) bond motifs is 6. The summed E-state index contributed by atoms with van der Waals surface area (Å²) < 4.78 is 0. The SMILES string of the molecule is C1=Cc2cc(-c3nc4ccccc4c4c3cc(-c3cccc(-c5cccc(-c6cc(-c7ccccc7)nc(-c7ccccn7)n6)c5)c3)c3ccccc34)ccc2CC1. The van der Waals surface area contributed by atoms with Gasteiger partial charge in [-0.2, -0.15) is 0 Å².